The summed E-state index contributed by atoms with van der Waals surface area (Å²) in [5, 5.41) is 12.1. The number of carbonyl (C=O) groups is 1. The molecule has 2 aromatic carbocycles. The lowest BCUT2D eigenvalue weighted by molar-refractivity contribution is -0.914. The van der Waals surface area contributed by atoms with Crippen LogP contribution in [0.1, 0.15) is 12.5 Å². The molecule has 6 nitrogen and oxygen atoms in total. The molecule has 0 aromatic heterocycles. The number of methoxy groups -OCH3 is 1. The zero-order valence-corrected chi connectivity index (χ0v) is 15.7. The summed E-state index contributed by atoms with van der Waals surface area (Å²) < 4.78 is 5.21. The molecule has 2 N–H and O–H groups in total. The fourth-order valence-corrected chi connectivity index (χ4v) is 3.39. The number of piperazine rings is 1. The van der Waals surface area contributed by atoms with Crippen LogP contribution in [0.25, 0.3) is 0 Å². The Kier molecular flexibility index (Phi) is 5.94. The third-order valence-corrected chi connectivity index (χ3v) is 5.15. The van der Waals surface area contributed by atoms with Crippen LogP contribution in [0.4, 0.5) is 11.4 Å². The number of para-hydroxylation sites is 1. The van der Waals surface area contributed by atoms with Gasteiger partial charge >= 0.3 is 0 Å². The molecule has 1 aliphatic heterocycles. The van der Waals surface area contributed by atoms with Gasteiger partial charge in [-0.2, -0.15) is 5.26 Å². The largest absolute Gasteiger partial charge is 0.497 e. The molecular formula is C21H25N4O2+. The molecule has 1 saturated heterocycles. The second-order valence-corrected chi connectivity index (χ2v) is 6.71. The molecule has 1 aliphatic rings. The molecule has 1 fully saturated rings. The first kappa shape index (κ1) is 18.7. The minimum absolute atomic E-state index is 0.0504. The van der Waals surface area contributed by atoms with Crippen molar-refractivity contribution in [1.82, 2.24) is 0 Å². The minimum atomic E-state index is -0.172. The number of carbonyl (C=O) groups excluding carboxylic acids is 1. The van der Waals surface area contributed by atoms with Crippen molar-refractivity contribution in [1.29, 1.82) is 5.26 Å². The van der Waals surface area contributed by atoms with Gasteiger partial charge in [0.15, 0.2) is 6.04 Å². The summed E-state index contributed by atoms with van der Waals surface area (Å²) in [5.41, 5.74) is 2.24. The number of anilines is 2. The van der Waals surface area contributed by atoms with Crippen LogP contribution in [0.2, 0.25) is 0 Å². The summed E-state index contributed by atoms with van der Waals surface area (Å²) in [7, 11) is 1.67. The predicted octanol–water partition coefficient (Wildman–Crippen LogP) is 1.30. The van der Waals surface area contributed by atoms with E-state index in [4.69, 9.17) is 10.00 Å². The topological polar surface area (TPSA) is 69.8 Å². The Hall–Kier alpha value is -3.04. The van der Waals surface area contributed by atoms with Crippen molar-refractivity contribution < 1.29 is 14.4 Å². The van der Waals surface area contributed by atoms with E-state index in [9.17, 15) is 4.79 Å². The molecule has 1 atom stereocenters. The van der Waals surface area contributed by atoms with Crippen LogP contribution < -0.4 is 19.9 Å². The monoisotopic (exact) mass is 365 g/mol. The Morgan fingerprint density at radius 1 is 1.19 bits per heavy atom. The molecule has 0 aliphatic carbocycles. The number of ether oxygens (including phenoxy) is 1. The molecule has 0 spiro atoms. The summed E-state index contributed by atoms with van der Waals surface area (Å²) >= 11 is 0. The maximum absolute atomic E-state index is 12.6. The van der Waals surface area contributed by atoms with Gasteiger partial charge in [-0.05, 0) is 43.3 Å². The predicted molar refractivity (Wildman–Crippen MR) is 105 cm³/mol. The summed E-state index contributed by atoms with van der Waals surface area (Å²) in [6, 6.07) is 17.1. The Morgan fingerprint density at radius 2 is 1.85 bits per heavy atom. The van der Waals surface area contributed by atoms with Crippen LogP contribution in [0, 0.1) is 11.3 Å². The van der Waals surface area contributed by atoms with E-state index in [-0.39, 0.29) is 11.9 Å². The average molecular weight is 365 g/mol. The normalized spacial score (nSPS) is 15.7. The van der Waals surface area contributed by atoms with Crippen molar-refractivity contribution >= 4 is 17.3 Å². The van der Waals surface area contributed by atoms with Crippen LogP contribution in [0.3, 0.4) is 0 Å². The zero-order valence-electron chi connectivity index (χ0n) is 15.7. The number of quaternary nitrogens is 1. The lowest BCUT2D eigenvalue weighted by Crippen LogP contribution is -3.19. The highest BCUT2D eigenvalue weighted by Crippen LogP contribution is 2.19. The van der Waals surface area contributed by atoms with Crippen molar-refractivity contribution in [3.05, 3.63) is 54.1 Å². The van der Waals surface area contributed by atoms with Gasteiger partial charge in [0.2, 0.25) is 0 Å². The fourth-order valence-electron chi connectivity index (χ4n) is 3.39. The van der Waals surface area contributed by atoms with Gasteiger partial charge in [-0.25, -0.2) is 0 Å². The van der Waals surface area contributed by atoms with Gasteiger partial charge in [0, 0.05) is 5.69 Å². The number of nitrogens with one attached hydrogen (secondary N) is 2. The zero-order chi connectivity index (χ0) is 19.2. The van der Waals surface area contributed by atoms with Crippen molar-refractivity contribution in [2.24, 2.45) is 0 Å². The first-order valence-corrected chi connectivity index (χ1v) is 9.16. The number of benzene rings is 2. The van der Waals surface area contributed by atoms with E-state index in [1.165, 1.54) is 10.6 Å². The number of hydrogen-bond acceptors (Lipinski definition) is 4. The van der Waals surface area contributed by atoms with E-state index in [2.05, 4.69) is 28.4 Å². The van der Waals surface area contributed by atoms with Gasteiger partial charge in [0.1, 0.15) is 11.8 Å². The van der Waals surface area contributed by atoms with E-state index in [1.54, 1.807) is 25.3 Å². The molecule has 3 rings (SSSR count). The first-order chi connectivity index (χ1) is 13.1. The first-order valence-electron chi connectivity index (χ1n) is 9.16. The summed E-state index contributed by atoms with van der Waals surface area (Å²) in [6.45, 7) is 5.52. The van der Waals surface area contributed by atoms with Gasteiger partial charge in [0.25, 0.3) is 5.91 Å². The molecule has 1 amide bonds. The highest BCUT2D eigenvalue weighted by atomic mass is 16.5. The van der Waals surface area contributed by atoms with Gasteiger partial charge < -0.3 is 19.9 Å². The molecule has 0 bridgehead atoms. The molecule has 1 heterocycles. The molecular weight excluding hydrogens is 340 g/mol. The maximum Gasteiger partial charge on any atom is 0.282 e. The van der Waals surface area contributed by atoms with Crippen molar-refractivity contribution in [2.75, 3.05) is 43.5 Å². The number of hydrogen-bond donors (Lipinski definition) is 2. The van der Waals surface area contributed by atoms with Gasteiger partial charge in [-0.15, -0.1) is 0 Å². The summed E-state index contributed by atoms with van der Waals surface area (Å²) in [6.07, 6.45) is 0. The Balaban J connectivity index is 1.56. The number of rotatable bonds is 5. The van der Waals surface area contributed by atoms with Crippen LogP contribution in [-0.4, -0.2) is 45.2 Å². The quantitative estimate of drug-likeness (QED) is 0.838. The van der Waals surface area contributed by atoms with Crippen LogP contribution >= 0.6 is 0 Å². The second kappa shape index (κ2) is 8.56. The SMILES string of the molecule is COc1ccc(N2CC[NH+]([C@H](C)C(=O)Nc3ccccc3C#N)CC2)cc1. The van der Waals surface area contributed by atoms with Crippen LogP contribution in [-0.2, 0) is 4.79 Å². The molecule has 2 aromatic rings. The summed E-state index contributed by atoms with van der Waals surface area (Å²) in [4.78, 5) is 16.2. The lowest BCUT2D eigenvalue weighted by atomic mass is 10.1. The summed E-state index contributed by atoms with van der Waals surface area (Å²) in [5.74, 6) is 0.802. The van der Waals surface area contributed by atoms with Crippen LogP contribution in [0.5, 0.6) is 5.75 Å². The molecule has 0 radical (unpaired) electrons. The Labute approximate surface area is 160 Å². The van der Waals surface area contributed by atoms with Crippen molar-refractivity contribution in [2.45, 2.75) is 13.0 Å². The molecule has 27 heavy (non-hydrogen) atoms. The minimum Gasteiger partial charge on any atom is -0.497 e. The van der Waals surface area contributed by atoms with E-state index in [1.807, 2.05) is 25.1 Å². The smallest absolute Gasteiger partial charge is 0.282 e. The highest BCUT2D eigenvalue weighted by Gasteiger charge is 2.29. The molecule has 140 valence electrons. The van der Waals surface area contributed by atoms with Gasteiger partial charge in [-0.1, -0.05) is 12.1 Å². The Bertz CT molecular complexity index is 821. The highest BCUT2D eigenvalue weighted by molar-refractivity contribution is 5.94. The van der Waals surface area contributed by atoms with E-state index < -0.39 is 0 Å². The third-order valence-electron chi connectivity index (χ3n) is 5.15. The lowest BCUT2D eigenvalue weighted by Gasteiger charge is -2.36. The van der Waals surface area contributed by atoms with E-state index in [0.29, 0.717) is 11.3 Å². The Morgan fingerprint density at radius 3 is 2.48 bits per heavy atom. The molecule has 0 unspecified atom stereocenters. The second-order valence-electron chi connectivity index (χ2n) is 6.71. The standard InChI is InChI=1S/C21H24N4O2/c1-16(21(26)23-20-6-4-3-5-17(20)15-22)24-11-13-25(14-12-24)18-7-9-19(27-2)10-8-18/h3-10,16H,11-14H2,1-2H3,(H,23,26)/p+1/t16-/m1/s1. The van der Waals surface area contributed by atoms with Gasteiger partial charge in [-0.3, -0.25) is 4.79 Å². The maximum atomic E-state index is 12.6. The van der Waals surface area contributed by atoms with E-state index >= 15 is 0 Å². The fraction of sp³-hybridized carbons (Fsp3) is 0.333. The molecule has 0 saturated carbocycles. The van der Waals surface area contributed by atoms with Crippen LogP contribution in [0.15, 0.2) is 48.5 Å². The average Bonchev–Trinajstić information content (AvgIpc) is 2.73. The molecule has 6 heteroatoms. The number of nitriles is 1. The van der Waals surface area contributed by atoms with Crippen molar-refractivity contribution in [3.8, 4) is 11.8 Å². The number of nitrogens with zero attached hydrogens (tertiary/aromatic N) is 2. The number of amides is 1. The third kappa shape index (κ3) is 4.39. The van der Waals surface area contributed by atoms with Gasteiger partial charge in [0.05, 0.1) is 44.5 Å². The van der Waals surface area contributed by atoms with Crippen molar-refractivity contribution in [3.63, 3.8) is 0 Å². The van der Waals surface area contributed by atoms with E-state index in [0.717, 1.165) is 31.9 Å².